The van der Waals surface area contributed by atoms with E-state index in [1.54, 1.807) is 0 Å². The number of hydrogen-bond donors (Lipinski definition) is 3. The molecule has 1 atom stereocenters. The number of carbonyl (C=O) groups excluding carboxylic acids is 1. The number of rotatable bonds is 2. The van der Waals surface area contributed by atoms with Crippen molar-refractivity contribution in [2.45, 2.75) is 6.04 Å². The van der Waals surface area contributed by atoms with Crippen LogP contribution < -0.4 is 11.3 Å². The molecule has 1 aromatic heterocycles. The summed E-state index contributed by atoms with van der Waals surface area (Å²) in [7, 11) is 0. The largest absolute Gasteiger partial charge is 0.338 e. The Morgan fingerprint density at radius 3 is 2.83 bits per heavy atom. The molecule has 1 heterocycles. The molecule has 12 heavy (non-hydrogen) atoms. The van der Waals surface area contributed by atoms with Crippen LogP contribution in [-0.4, -0.2) is 16.3 Å². The molecule has 0 spiro atoms. The van der Waals surface area contributed by atoms with E-state index in [2.05, 4.69) is 22.2 Å². The van der Waals surface area contributed by atoms with Gasteiger partial charge in [-0.1, -0.05) is 0 Å². The molecule has 0 bridgehead atoms. The number of carbonyl (C=O) groups is 1. The van der Waals surface area contributed by atoms with Gasteiger partial charge in [0.1, 0.15) is 6.29 Å². The summed E-state index contributed by atoms with van der Waals surface area (Å²) in [6, 6.07) is -0.902. The van der Waals surface area contributed by atoms with E-state index in [4.69, 9.17) is 5.73 Å². The SMILES string of the molecule is NC(C=O)c1c[nH]c(=S)[nH]c1=O. The van der Waals surface area contributed by atoms with Crippen LogP contribution in [0.5, 0.6) is 0 Å². The molecule has 0 aliphatic heterocycles. The van der Waals surface area contributed by atoms with E-state index < -0.39 is 11.6 Å². The highest BCUT2D eigenvalue weighted by Gasteiger charge is 2.07. The van der Waals surface area contributed by atoms with Crippen LogP contribution in [0.4, 0.5) is 0 Å². The van der Waals surface area contributed by atoms with Crippen molar-refractivity contribution in [2.75, 3.05) is 0 Å². The van der Waals surface area contributed by atoms with Crippen LogP contribution in [0, 0.1) is 4.77 Å². The van der Waals surface area contributed by atoms with Crippen LogP contribution in [0.15, 0.2) is 11.0 Å². The molecule has 0 aliphatic carbocycles. The van der Waals surface area contributed by atoms with Crippen molar-refractivity contribution in [3.05, 3.63) is 26.9 Å². The van der Waals surface area contributed by atoms with Gasteiger partial charge in [0.25, 0.3) is 5.56 Å². The van der Waals surface area contributed by atoms with E-state index in [-0.39, 0.29) is 10.3 Å². The molecular weight excluding hydrogens is 178 g/mol. The number of aromatic amines is 2. The van der Waals surface area contributed by atoms with Crippen LogP contribution in [0.25, 0.3) is 0 Å². The summed E-state index contributed by atoms with van der Waals surface area (Å²) in [5.41, 5.74) is 5.05. The Labute approximate surface area is 72.6 Å². The first-order valence-corrected chi connectivity index (χ1v) is 3.58. The number of hydrogen-bond acceptors (Lipinski definition) is 4. The van der Waals surface area contributed by atoms with Crippen molar-refractivity contribution in [1.82, 2.24) is 9.97 Å². The van der Waals surface area contributed by atoms with Crippen molar-refractivity contribution in [1.29, 1.82) is 0 Å². The van der Waals surface area contributed by atoms with Gasteiger partial charge in [-0.3, -0.25) is 9.78 Å². The van der Waals surface area contributed by atoms with Gasteiger partial charge in [-0.05, 0) is 12.2 Å². The van der Waals surface area contributed by atoms with Gasteiger partial charge >= 0.3 is 0 Å². The molecular formula is C6H7N3O2S. The number of aromatic nitrogens is 2. The predicted molar refractivity (Wildman–Crippen MR) is 45.2 cm³/mol. The van der Waals surface area contributed by atoms with Gasteiger partial charge in [0.05, 0.1) is 11.6 Å². The van der Waals surface area contributed by atoms with E-state index in [1.165, 1.54) is 6.20 Å². The highest BCUT2D eigenvalue weighted by molar-refractivity contribution is 7.71. The molecule has 1 rings (SSSR count). The molecule has 4 N–H and O–H groups in total. The Morgan fingerprint density at radius 1 is 1.67 bits per heavy atom. The van der Waals surface area contributed by atoms with Crippen molar-refractivity contribution in [3.8, 4) is 0 Å². The van der Waals surface area contributed by atoms with E-state index in [9.17, 15) is 9.59 Å². The summed E-state index contributed by atoms with van der Waals surface area (Å²) in [6.07, 6.45) is 1.82. The number of aldehydes is 1. The third-order valence-corrected chi connectivity index (χ3v) is 1.57. The summed E-state index contributed by atoms with van der Waals surface area (Å²) in [4.78, 5) is 26.2. The first-order valence-electron chi connectivity index (χ1n) is 3.18. The fraction of sp³-hybridized carbons (Fsp3) is 0.167. The summed E-state index contributed by atoms with van der Waals surface area (Å²) in [6.45, 7) is 0. The lowest BCUT2D eigenvalue weighted by atomic mass is 10.2. The maximum atomic E-state index is 11.1. The molecule has 5 nitrogen and oxygen atoms in total. The second-order valence-electron chi connectivity index (χ2n) is 2.19. The topological polar surface area (TPSA) is 91.7 Å². The van der Waals surface area contributed by atoms with E-state index in [0.29, 0.717) is 6.29 Å². The zero-order valence-electron chi connectivity index (χ0n) is 6.03. The minimum Gasteiger partial charge on any atom is -0.338 e. The molecule has 0 saturated heterocycles. The highest BCUT2D eigenvalue weighted by atomic mass is 32.1. The maximum Gasteiger partial charge on any atom is 0.256 e. The van der Waals surface area contributed by atoms with Gasteiger partial charge in [-0.2, -0.15) is 0 Å². The fourth-order valence-electron chi connectivity index (χ4n) is 0.741. The zero-order chi connectivity index (χ0) is 9.14. The van der Waals surface area contributed by atoms with Crippen molar-refractivity contribution >= 4 is 18.5 Å². The summed E-state index contributed by atoms with van der Waals surface area (Å²) < 4.78 is 0.210. The molecule has 0 fully saturated rings. The van der Waals surface area contributed by atoms with Gasteiger partial charge in [0.15, 0.2) is 4.77 Å². The van der Waals surface area contributed by atoms with Gasteiger partial charge in [-0.25, -0.2) is 0 Å². The lowest BCUT2D eigenvalue weighted by Crippen LogP contribution is -2.23. The third kappa shape index (κ3) is 1.66. The van der Waals surface area contributed by atoms with Crippen LogP contribution in [0.2, 0.25) is 0 Å². The average molecular weight is 185 g/mol. The Balaban J connectivity index is 3.27. The van der Waals surface area contributed by atoms with Crippen LogP contribution in [0.3, 0.4) is 0 Å². The van der Waals surface area contributed by atoms with Crippen molar-refractivity contribution in [2.24, 2.45) is 5.73 Å². The lowest BCUT2D eigenvalue weighted by Gasteiger charge is -2.00. The highest BCUT2D eigenvalue weighted by Crippen LogP contribution is 1.97. The number of nitrogens with two attached hydrogens (primary N) is 1. The molecule has 1 unspecified atom stereocenters. The van der Waals surface area contributed by atoms with Crippen LogP contribution >= 0.6 is 12.2 Å². The molecule has 0 aromatic carbocycles. The normalized spacial score (nSPS) is 12.4. The third-order valence-electron chi connectivity index (χ3n) is 1.35. The first-order chi connectivity index (χ1) is 5.65. The first kappa shape index (κ1) is 8.82. The van der Waals surface area contributed by atoms with Crippen LogP contribution in [-0.2, 0) is 4.79 Å². The Bertz CT molecular complexity index is 394. The summed E-state index contributed by atoms with van der Waals surface area (Å²) >= 11 is 4.64. The van der Waals surface area contributed by atoms with Crippen molar-refractivity contribution in [3.63, 3.8) is 0 Å². The maximum absolute atomic E-state index is 11.1. The second kappa shape index (κ2) is 3.42. The molecule has 6 heteroatoms. The minimum absolute atomic E-state index is 0.179. The second-order valence-corrected chi connectivity index (χ2v) is 2.60. The molecule has 64 valence electrons. The lowest BCUT2D eigenvalue weighted by molar-refractivity contribution is -0.109. The van der Waals surface area contributed by atoms with Gasteiger partial charge in [-0.15, -0.1) is 0 Å². The zero-order valence-corrected chi connectivity index (χ0v) is 6.85. The summed E-state index contributed by atoms with van der Waals surface area (Å²) in [5, 5.41) is 0. The minimum atomic E-state index is -0.902. The van der Waals surface area contributed by atoms with Crippen LogP contribution in [0.1, 0.15) is 11.6 Å². The van der Waals surface area contributed by atoms with Gasteiger partial charge in [0.2, 0.25) is 0 Å². The van der Waals surface area contributed by atoms with E-state index in [1.807, 2.05) is 0 Å². The molecule has 0 aliphatic rings. The summed E-state index contributed by atoms with van der Waals surface area (Å²) in [5.74, 6) is 0. The number of nitrogens with one attached hydrogen (secondary N) is 2. The monoisotopic (exact) mass is 185 g/mol. The molecule has 1 aromatic rings. The van der Waals surface area contributed by atoms with E-state index in [0.717, 1.165) is 0 Å². The smallest absolute Gasteiger partial charge is 0.256 e. The predicted octanol–water partition coefficient (Wildman–Crippen LogP) is -0.369. The Hall–Kier alpha value is -1.27. The molecule has 0 radical (unpaired) electrons. The molecule has 0 amide bonds. The fourth-order valence-corrected chi connectivity index (χ4v) is 0.893. The Kier molecular flexibility index (Phi) is 2.51. The van der Waals surface area contributed by atoms with E-state index >= 15 is 0 Å². The van der Waals surface area contributed by atoms with Gasteiger partial charge in [0, 0.05) is 6.20 Å². The van der Waals surface area contributed by atoms with Crippen molar-refractivity contribution < 1.29 is 4.79 Å². The van der Waals surface area contributed by atoms with Gasteiger partial charge < -0.3 is 15.5 Å². The molecule has 0 saturated carbocycles. The quantitative estimate of drug-likeness (QED) is 0.433. The standard InChI is InChI=1S/C6H7N3O2S/c7-4(2-10)3-1-8-6(12)9-5(3)11/h1-2,4H,7H2,(H2,8,9,11,12). The average Bonchev–Trinajstić information content (AvgIpc) is 2.03. The Morgan fingerprint density at radius 2 is 2.33 bits per heavy atom. The number of H-pyrrole nitrogens is 2.